The number of rotatable bonds is 4. The van der Waals surface area contributed by atoms with E-state index in [1.165, 1.54) is 24.7 Å². The maximum absolute atomic E-state index is 13.2. The van der Waals surface area contributed by atoms with E-state index in [9.17, 15) is 14.0 Å². The topological polar surface area (TPSA) is 92.6 Å². The highest BCUT2D eigenvalue weighted by atomic mass is 19.1. The van der Waals surface area contributed by atoms with Crippen LogP contribution in [0.1, 0.15) is 31.3 Å². The predicted octanol–water partition coefficient (Wildman–Crippen LogP) is 3.72. The fourth-order valence-electron chi connectivity index (χ4n) is 3.57. The summed E-state index contributed by atoms with van der Waals surface area (Å²) in [6, 6.07) is 9.40. The Morgan fingerprint density at radius 3 is 2.26 bits per heavy atom. The lowest BCUT2D eigenvalue weighted by Crippen LogP contribution is -2.50. The highest BCUT2D eigenvalue weighted by Crippen LogP contribution is 2.19. The summed E-state index contributed by atoms with van der Waals surface area (Å²) in [7, 11) is 0. The second kappa shape index (κ2) is 9.50. The third-order valence-electron chi connectivity index (χ3n) is 5.26. The van der Waals surface area contributed by atoms with Gasteiger partial charge < -0.3 is 19.9 Å². The number of piperazine rings is 1. The van der Waals surface area contributed by atoms with E-state index < -0.39 is 5.60 Å². The van der Waals surface area contributed by atoms with Gasteiger partial charge >= 0.3 is 6.09 Å². The lowest BCUT2D eigenvalue weighted by molar-refractivity contribution is 0.0240. The molecule has 178 valence electrons. The van der Waals surface area contributed by atoms with E-state index in [0.29, 0.717) is 43.4 Å². The molecule has 1 aliphatic rings. The number of carbonyl (C=O) groups is 2. The van der Waals surface area contributed by atoms with Crippen molar-refractivity contribution in [3.8, 4) is 5.69 Å². The summed E-state index contributed by atoms with van der Waals surface area (Å²) >= 11 is 0. The van der Waals surface area contributed by atoms with Crippen molar-refractivity contribution in [3.63, 3.8) is 0 Å². The van der Waals surface area contributed by atoms with Gasteiger partial charge in [-0.15, -0.1) is 0 Å². The summed E-state index contributed by atoms with van der Waals surface area (Å²) in [5.41, 5.74) is 1.31. The van der Waals surface area contributed by atoms with Crippen LogP contribution in [0.4, 0.5) is 20.7 Å². The second-order valence-electron chi connectivity index (χ2n) is 8.94. The van der Waals surface area contributed by atoms with Gasteiger partial charge in [0, 0.05) is 31.9 Å². The fraction of sp³-hybridized carbons (Fsp3) is 0.333. The van der Waals surface area contributed by atoms with Gasteiger partial charge in [-0.3, -0.25) is 9.36 Å². The second-order valence-corrected chi connectivity index (χ2v) is 8.94. The monoisotopic (exact) mass is 466 g/mol. The Labute approximate surface area is 197 Å². The summed E-state index contributed by atoms with van der Waals surface area (Å²) in [6.45, 7) is 7.98. The minimum Gasteiger partial charge on any atom is -0.444 e. The van der Waals surface area contributed by atoms with Crippen LogP contribution in [0.15, 0.2) is 55.1 Å². The number of ether oxygens (including phenoxy) is 1. The van der Waals surface area contributed by atoms with Gasteiger partial charge in [-0.05, 0) is 57.2 Å². The molecule has 1 saturated heterocycles. The molecular weight excluding hydrogens is 439 g/mol. The van der Waals surface area contributed by atoms with Crippen LogP contribution >= 0.6 is 0 Å². The molecule has 3 aromatic rings. The summed E-state index contributed by atoms with van der Waals surface area (Å²) in [5, 5.41) is 2.77. The molecule has 1 N–H and O–H groups in total. The fourth-order valence-corrected chi connectivity index (χ4v) is 3.57. The van der Waals surface area contributed by atoms with Crippen molar-refractivity contribution in [1.82, 2.24) is 19.4 Å². The average molecular weight is 467 g/mol. The number of nitrogens with zero attached hydrogens (tertiary/aromatic N) is 5. The van der Waals surface area contributed by atoms with Crippen molar-refractivity contribution in [3.05, 3.63) is 66.6 Å². The highest BCUT2D eigenvalue weighted by molar-refractivity contribution is 6.02. The molecule has 0 saturated carbocycles. The number of halogens is 1. The lowest BCUT2D eigenvalue weighted by Gasteiger charge is -2.36. The minimum absolute atomic E-state index is 0.302. The number of amides is 2. The van der Waals surface area contributed by atoms with E-state index in [1.807, 2.05) is 26.8 Å². The lowest BCUT2D eigenvalue weighted by atomic mass is 10.2. The number of pyridine rings is 1. The third-order valence-corrected chi connectivity index (χ3v) is 5.26. The predicted molar refractivity (Wildman–Crippen MR) is 126 cm³/mol. The molecule has 0 bridgehead atoms. The molecule has 0 unspecified atom stereocenters. The van der Waals surface area contributed by atoms with E-state index in [1.54, 1.807) is 33.9 Å². The van der Waals surface area contributed by atoms with E-state index >= 15 is 0 Å². The minimum atomic E-state index is -0.519. The van der Waals surface area contributed by atoms with E-state index in [4.69, 9.17) is 4.74 Å². The van der Waals surface area contributed by atoms with Gasteiger partial charge in [-0.2, -0.15) is 0 Å². The molecule has 0 spiro atoms. The number of aromatic nitrogens is 3. The van der Waals surface area contributed by atoms with Crippen LogP contribution in [-0.4, -0.2) is 63.2 Å². The first-order valence-electron chi connectivity index (χ1n) is 11.0. The van der Waals surface area contributed by atoms with Crippen LogP contribution in [0.2, 0.25) is 0 Å². The van der Waals surface area contributed by atoms with Gasteiger partial charge in [-0.1, -0.05) is 0 Å². The number of imidazole rings is 1. The number of anilines is 2. The average Bonchev–Trinajstić information content (AvgIpc) is 3.29. The molecule has 4 rings (SSSR count). The SMILES string of the molecule is CC(C)(C)OC(=O)N1CCN(c2ccc(NC(=O)c3cncn3-c3ccc(F)cc3)nc2)CC1. The number of benzene rings is 1. The van der Waals surface area contributed by atoms with Gasteiger partial charge in [0.25, 0.3) is 5.91 Å². The number of hydrogen-bond donors (Lipinski definition) is 1. The summed E-state index contributed by atoms with van der Waals surface area (Å²) in [4.78, 5) is 37.3. The molecule has 1 fully saturated rings. The molecule has 0 radical (unpaired) electrons. The van der Waals surface area contributed by atoms with Crippen molar-refractivity contribution in [1.29, 1.82) is 0 Å². The number of carbonyl (C=O) groups excluding carboxylic acids is 2. The summed E-state index contributed by atoms with van der Waals surface area (Å²) in [6.07, 6.45) is 4.33. The first-order chi connectivity index (χ1) is 16.2. The molecule has 2 amide bonds. The van der Waals surface area contributed by atoms with Crippen LogP contribution in [-0.2, 0) is 4.74 Å². The zero-order valence-corrected chi connectivity index (χ0v) is 19.4. The van der Waals surface area contributed by atoms with Crippen molar-refractivity contribution in [2.75, 3.05) is 36.4 Å². The van der Waals surface area contributed by atoms with Crippen LogP contribution < -0.4 is 10.2 Å². The van der Waals surface area contributed by atoms with Crippen molar-refractivity contribution < 1.29 is 18.7 Å². The zero-order valence-electron chi connectivity index (χ0n) is 19.4. The largest absolute Gasteiger partial charge is 0.444 e. The third kappa shape index (κ3) is 5.51. The maximum atomic E-state index is 13.2. The van der Waals surface area contributed by atoms with Gasteiger partial charge in [0.1, 0.15) is 22.9 Å². The Bertz CT molecular complexity index is 1150. The van der Waals surface area contributed by atoms with Crippen LogP contribution in [0.5, 0.6) is 0 Å². The van der Waals surface area contributed by atoms with Gasteiger partial charge in [0.2, 0.25) is 0 Å². The molecule has 0 atom stereocenters. The van der Waals surface area contributed by atoms with Crippen molar-refractivity contribution >= 4 is 23.5 Å². The molecular formula is C24H27FN6O3. The van der Waals surface area contributed by atoms with E-state index in [-0.39, 0.29) is 17.8 Å². The first kappa shape index (κ1) is 23.2. The molecule has 0 aliphatic carbocycles. The Kier molecular flexibility index (Phi) is 6.49. The molecule has 2 aromatic heterocycles. The van der Waals surface area contributed by atoms with E-state index in [0.717, 1.165) is 5.69 Å². The normalized spacial score (nSPS) is 14.1. The number of nitrogens with one attached hydrogen (secondary N) is 1. The summed E-state index contributed by atoms with van der Waals surface area (Å²) < 4.78 is 20.2. The standard InChI is InChI=1S/C24H27FN6O3/c1-24(2,3)34-23(33)30-12-10-29(11-13-30)19-8-9-21(27-14-19)28-22(32)20-15-26-16-31(20)18-6-4-17(25)5-7-18/h4-9,14-16H,10-13H2,1-3H3,(H,27,28,32). The molecule has 1 aliphatic heterocycles. The first-order valence-corrected chi connectivity index (χ1v) is 11.0. The van der Waals surface area contributed by atoms with Crippen LogP contribution in [0, 0.1) is 5.82 Å². The molecule has 1 aromatic carbocycles. The van der Waals surface area contributed by atoms with Gasteiger partial charge in [0.15, 0.2) is 0 Å². The Hall–Kier alpha value is -3.95. The van der Waals surface area contributed by atoms with Crippen LogP contribution in [0.25, 0.3) is 5.69 Å². The van der Waals surface area contributed by atoms with Gasteiger partial charge in [-0.25, -0.2) is 19.2 Å². The zero-order chi connectivity index (χ0) is 24.3. The smallest absolute Gasteiger partial charge is 0.410 e. The number of hydrogen-bond acceptors (Lipinski definition) is 6. The molecule has 34 heavy (non-hydrogen) atoms. The van der Waals surface area contributed by atoms with Crippen molar-refractivity contribution in [2.24, 2.45) is 0 Å². The Balaban J connectivity index is 1.35. The van der Waals surface area contributed by atoms with Crippen molar-refractivity contribution in [2.45, 2.75) is 26.4 Å². The Morgan fingerprint density at radius 1 is 0.971 bits per heavy atom. The quantitative estimate of drug-likeness (QED) is 0.630. The summed E-state index contributed by atoms with van der Waals surface area (Å²) in [5.74, 6) is -0.341. The van der Waals surface area contributed by atoms with E-state index in [2.05, 4.69) is 20.2 Å². The van der Waals surface area contributed by atoms with Gasteiger partial charge in [0.05, 0.1) is 24.4 Å². The maximum Gasteiger partial charge on any atom is 0.410 e. The molecule has 3 heterocycles. The highest BCUT2D eigenvalue weighted by Gasteiger charge is 2.26. The Morgan fingerprint density at radius 2 is 1.65 bits per heavy atom. The molecule has 10 heteroatoms. The van der Waals surface area contributed by atoms with Crippen LogP contribution in [0.3, 0.4) is 0 Å². The molecule has 9 nitrogen and oxygen atoms in total.